The van der Waals surface area contributed by atoms with Crippen molar-refractivity contribution in [3.05, 3.63) is 153 Å². The highest BCUT2D eigenvalue weighted by atomic mass is 35.5. The molecule has 1 aliphatic rings. The van der Waals surface area contributed by atoms with Gasteiger partial charge in [0.25, 0.3) is 11.8 Å². The van der Waals surface area contributed by atoms with Crippen LogP contribution in [0, 0.1) is 0 Å². The second-order valence-electron chi connectivity index (χ2n) is 14.2. The summed E-state index contributed by atoms with van der Waals surface area (Å²) >= 11 is 8.69. The molecule has 4 aromatic carbocycles. The summed E-state index contributed by atoms with van der Waals surface area (Å²) in [7, 11) is 1.29. The average Bonchev–Trinajstić information content (AvgIpc) is 3.56. The Morgan fingerprint density at radius 1 is 0.879 bits per heavy atom. The van der Waals surface area contributed by atoms with Crippen LogP contribution in [0.15, 0.2) is 120 Å². The van der Waals surface area contributed by atoms with Crippen LogP contribution < -0.4 is 16.0 Å². The SMILES string of the molecule is COC(=O)c1c(NC(=O)C(Sc2cccc(NC(=O)/C(=C/c3cccc(Cl)c3)NC(=O)c3ccccc3)c2)c2ccccc2)sc2c1CCN(C(=O)OC(C)(C)C)C2. The fraction of sp³-hybridized carbons (Fsp3) is 0.205. The molecular weight excluding hydrogens is 796 g/mol. The number of methoxy groups -OCH3 is 1. The fourth-order valence-electron chi connectivity index (χ4n) is 6.06. The predicted molar refractivity (Wildman–Crippen MR) is 228 cm³/mol. The van der Waals surface area contributed by atoms with Gasteiger partial charge in [0.1, 0.15) is 21.5 Å². The Morgan fingerprint density at radius 3 is 2.28 bits per heavy atom. The molecule has 2 heterocycles. The normalized spacial score (nSPS) is 13.1. The zero-order chi connectivity index (χ0) is 41.4. The lowest BCUT2D eigenvalue weighted by molar-refractivity contribution is -0.116. The van der Waals surface area contributed by atoms with Crippen LogP contribution in [0.25, 0.3) is 6.08 Å². The number of rotatable bonds is 11. The average molecular weight is 837 g/mol. The van der Waals surface area contributed by atoms with Crippen molar-refractivity contribution >= 4 is 81.2 Å². The zero-order valence-electron chi connectivity index (χ0n) is 32.2. The van der Waals surface area contributed by atoms with Gasteiger partial charge in [-0.2, -0.15) is 0 Å². The van der Waals surface area contributed by atoms with E-state index in [4.69, 9.17) is 21.1 Å². The van der Waals surface area contributed by atoms with Crippen LogP contribution in [-0.2, 0) is 32.0 Å². The van der Waals surface area contributed by atoms with E-state index in [1.807, 2.05) is 36.4 Å². The predicted octanol–water partition coefficient (Wildman–Crippen LogP) is 9.36. The molecule has 3 N–H and O–H groups in total. The van der Waals surface area contributed by atoms with E-state index in [-0.39, 0.29) is 17.8 Å². The second-order valence-corrected chi connectivity index (χ2v) is 16.9. The van der Waals surface area contributed by atoms with Gasteiger partial charge in [-0.3, -0.25) is 14.4 Å². The van der Waals surface area contributed by atoms with Gasteiger partial charge in [0.2, 0.25) is 5.91 Å². The molecule has 14 heteroatoms. The quantitative estimate of drug-likeness (QED) is 0.0679. The Morgan fingerprint density at radius 2 is 1.59 bits per heavy atom. The Labute approximate surface area is 349 Å². The molecule has 0 aliphatic carbocycles. The first-order valence-electron chi connectivity index (χ1n) is 18.3. The number of carbonyl (C=O) groups is 5. The van der Waals surface area contributed by atoms with Crippen LogP contribution >= 0.6 is 34.7 Å². The summed E-state index contributed by atoms with van der Waals surface area (Å²) in [4.78, 5) is 70.3. The Hall–Kier alpha value is -5.89. The number of nitrogens with one attached hydrogen (secondary N) is 3. The van der Waals surface area contributed by atoms with Gasteiger partial charge in [0.05, 0.1) is 19.2 Å². The van der Waals surface area contributed by atoms with Crippen molar-refractivity contribution in [2.24, 2.45) is 0 Å². The summed E-state index contributed by atoms with van der Waals surface area (Å²) in [5, 5.41) is 8.61. The number of esters is 1. The first-order chi connectivity index (χ1) is 27.8. The summed E-state index contributed by atoms with van der Waals surface area (Å²) in [5.41, 5.74) is 2.41. The van der Waals surface area contributed by atoms with Crippen LogP contribution in [0.2, 0.25) is 5.02 Å². The summed E-state index contributed by atoms with van der Waals surface area (Å²) in [6.07, 6.45) is 1.46. The number of ether oxygens (including phenoxy) is 2. The third kappa shape index (κ3) is 10.7. The molecule has 0 radical (unpaired) electrons. The Balaban J connectivity index is 1.24. The van der Waals surface area contributed by atoms with E-state index in [9.17, 15) is 24.0 Å². The monoisotopic (exact) mass is 836 g/mol. The molecule has 298 valence electrons. The van der Waals surface area contributed by atoms with Crippen LogP contribution in [0.3, 0.4) is 0 Å². The molecule has 0 bridgehead atoms. The summed E-state index contributed by atoms with van der Waals surface area (Å²) in [6, 6.07) is 31.6. The molecule has 1 aromatic heterocycles. The third-order valence-electron chi connectivity index (χ3n) is 8.71. The molecular formula is C44H41ClN4O7S2. The maximum absolute atomic E-state index is 14.3. The number of hydrogen-bond donors (Lipinski definition) is 3. The van der Waals surface area contributed by atoms with Gasteiger partial charge in [-0.15, -0.1) is 23.1 Å². The van der Waals surface area contributed by atoms with Crippen molar-refractivity contribution in [2.75, 3.05) is 24.3 Å². The zero-order valence-corrected chi connectivity index (χ0v) is 34.6. The van der Waals surface area contributed by atoms with Crippen molar-refractivity contribution in [3.8, 4) is 0 Å². The molecule has 0 saturated carbocycles. The minimum atomic E-state index is -0.793. The van der Waals surface area contributed by atoms with Gasteiger partial charge < -0.3 is 30.3 Å². The number of fused-ring (bicyclic) bond motifs is 1. The molecule has 4 amide bonds. The lowest BCUT2D eigenvalue weighted by Gasteiger charge is -2.30. The Bertz CT molecular complexity index is 2360. The largest absolute Gasteiger partial charge is 0.465 e. The Kier molecular flexibility index (Phi) is 13.4. The molecule has 58 heavy (non-hydrogen) atoms. The van der Waals surface area contributed by atoms with Gasteiger partial charge in [-0.1, -0.05) is 78.3 Å². The van der Waals surface area contributed by atoms with E-state index >= 15 is 0 Å². The summed E-state index contributed by atoms with van der Waals surface area (Å²) in [5.74, 6) is -2.03. The van der Waals surface area contributed by atoms with Crippen LogP contribution in [0.4, 0.5) is 15.5 Å². The van der Waals surface area contributed by atoms with Gasteiger partial charge in [0.15, 0.2) is 0 Å². The summed E-state index contributed by atoms with van der Waals surface area (Å²) < 4.78 is 10.7. The minimum Gasteiger partial charge on any atom is -0.465 e. The number of carbonyl (C=O) groups excluding carboxylic acids is 5. The van der Waals surface area contributed by atoms with Gasteiger partial charge >= 0.3 is 12.1 Å². The van der Waals surface area contributed by atoms with Gasteiger partial charge in [-0.25, -0.2) is 9.59 Å². The smallest absolute Gasteiger partial charge is 0.410 e. The summed E-state index contributed by atoms with van der Waals surface area (Å²) in [6.45, 7) is 5.95. The molecule has 0 saturated heterocycles. The van der Waals surface area contributed by atoms with Crippen molar-refractivity contribution in [2.45, 2.75) is 49.5 Å². The van der Waals surface area contributed by atoms with Crippen molar-refractivity contribution in [3.63, 3.8) is 0 Å². The molecule has 0 spiro atoms. The van der Waals surface area contributed by atoms with Crippen LogP contribution in [0.1, 0.15) is 68.3 Å². The number of thiophene rings is 1. The van der Waals surface area contributed by atoms with E-state index < -0.39 is 40.6 Å². The lowest BCUT2D eigenvalue weighted by atomic mass is 10.0. The lowest BCUT2D eigenvalue weighted by Crippen LogP contribution is -2.39. The standard InChI is InChI=1S/C44H41ClN4O7S2/c1-44(2,3)56-43(54)49-22-21-33-35(26-49)58-41(36(33)42(53)55-4)48-40(52)37(28-14-7-5-8-15-28)57-32-20-12-19-31(25-32)46-39(51)34(24-27-13-11-18-30(45)23-27)47-38(50)29-16-9-6-10-17-29/h5-20,23-25,37H,21-22,26H2,1-4H3,(H,46,51)(H,47,50)(H,48,52)/b34-24-. The van der Waals surface area contributed by atoms with E-state index in [0.717, 1.165) is 10.4 Å². The number of amides is 4. The number of nitrogens with zero attached hydrogens (tertiary/aromatic N) is 1. The molecule has 1 unspecified atom stereocenters. The van der Waals surface area contributed by atoms with Gasteiger partial charge in [0, 0.05) is 32.6 Å². The first-order valence-corrected chi connectivity index (χ1v) is 20.3. The molecule has 11 nitrogen and oxygen atoms in total. The highest BCUT2D eigenvalue weighted by Crippen LogP contribution is 2.41. The number of halogens is 1. The highest BCUT2D eigenvalue weighted by molar-refractivity contribution is 8.00. The van der Waals surface area contributed by atoms with Crippen molar-refractivity contribution in [1.82, 2.24) is 10.2 Å². The van der Waals surface area contributed by atoms with E-state index in [2.05, 4.69) is 16.0 Å². The highest BCUT2D eigenvalue weighted by Gasteiger charge is 2.34. The molecule has 1 atom stereocenters. The maximum atomic E-state index is 14.3. The van der Waals surface area contributed by atoms with Crippen molar-refractivity contribution in [1.29, 1.82) is 0 Å². The van der Waals surface area contributed by atoms with E-state index in [1.54, 1.807) is 98.5 Å². The van der Waals surface area contributed by atoms with E-state index in [1.165, 1.54) is 36.3 Å². The number of thioether (sulfide) groups is 1. The van der Waals surface area contributed by atoms with Crippen molar-refractivity contribution < 1.29 is 33.4 Å². The van der Waals surface area contributed by atoms with Crippen LogP contribution in [-0.4, -0.2) is 53.9 Å². The number of anilines is 2. The maximum Gasteiger partial charge on any atom is 0.410 e. The third-order valence-corrected chi connectivity index (χ3v) is 11.3. The van der Waals surface area contributed by atoms with Gasteiger partial charge in [-0.05, 0) is 92.4 Å². The number of hydrogen-bond acceptors (Lipinski definition) is 9. The first kappa shape index (κ1) is 41.7. The second kappa shape index (κ2) is 18.6. The molecule has 0 fully saturated rings. The van der Waals surface area contributed by atoms with E-state index in [0.29, 0.717) is 50.3 Å². The minimum absolute atomic E-state index is 0.00927. The van der Waals surface area contributed by atoms with Crippen LogP contribution in [0.5, 0.6) is 0 Å². The molecule has 5 aromatic rings. The number of benzene rings is 4. The fourth-order valence-corrected chi connectivity index (χ4v) is 8.59. The molecule has 1 aliphatic heterocycles. The topological polar surface area (TPSA) is 143 Å². The molecule has 6 rings (SSSR count).